The molecule has 0 amide bonds. The van der Waals surface area contributed by atoms with E-state index in [-0.39, 0.29) is 18.0 Å². The number of hydrogen-bond acceptors (Lipinski definition) is 4. The summed E-state index contributed by atoms with van der Waals surface area (Å²) in [4.78, 5) is 11.5. The van der Waals surface area contributed by atoms with Crippen LogP contribution in [0.15, 0.2) is 41.5 Å². The van der Waals surface area contributed by atoms with Gasteiger partial charge in [0, 0.05) is 25.8 Å². The Bertz CT molecular complexity index is 872. The van der Waals surface area contributed by atoms with E-state index < -0.39 is 0 Å². The van der Waals surface area contributed by atoms with E-state index in [4.69, 9.17) is 9.73 Å². The largest absolute Gasteiger partial charge is 0.375 e. The van der Waals surface area contributed by atoms with Gasteiger partial charge in [0.25, 0.3) is 0 Å². The second-order valence-electron chi connectivity index (χ2n) is 7.72. The van der Waals surface area contributed by atoms with Gasteiger partial charge in [-0.1, -0.05) is 12.1 Å². The summed E-state index contributed by atoms with van der Waals surface area (Å²) >= 11 is 0. The maximum Gasteiger partial charge on any atom is 0.192 e. The molecule has 0 aliphatic carbocycles. The van der Waals surface area contributed by atoms with Gasteiger partial charge in [0.15, 0.2) is 5.96 Å². The fourth-order valence-electron chi connectivity index (χ4n) is 3.42. The lowest BCUT2D eigenvalue weighted by Gasteiger charge is -2.32. The van der Waals surface area contributed by atoms with Crippen LogP contribution in [0.2, 0.25) is 0 Å². The normalized spacial score (nSPS) is 18.2. The smallest absolute Gasteiger partial charge is 0.192 e. The van der Waals surface area contributed by atoms with Gasteiger partial charge in [-0.2, -0.15) is 0 Å². The number of nitrogens with zero attached hydrogens (tertiary/aromatic N) is 3. The van der Waals surface area contributed by atoms with Gasteiger partial charge in [-0.05, 0) is 62.6 Å². The molecule has 2 unspecified atom stereocenters. The second-order valence-corrected chi connectivity index (χ2v) is 7.72. The highest BCUT2D eigenvalue weighted by Crippen LogP contribution is 2.18. The number of hydrogen-bond donors (Lipinski definition) is 2. The first-order valence-electron chi connectivity index (χ1n) is 10.6. The van der Waals surface area contributed by atoms with Crippen molar-refractivity contribution < 1.29 is 9.13 Å². The number of benzene rings is 1. The third-order valence-electron chi connectivity index (χ3n) is 5.19. The maximum atomic E-state index is 13.9. The quantitative estimate of drug-likeness (QED) is 0.560. The molecule has 0 spiro atoms. The van der Waals surface area contributed by atoms with Crippen molar-refractivity contribution in [1.29, 1.82) is 0 Å². The summed E-state index contributed by atoms with van der Waals surface area (Å²) in [7, 11) is 0. The lowest BCUT2D eigenvalue weighted by atomic mass is 10.1. The summed E-state index contributed by atoms with van der Waals surface area (Å²) in [6.45, 7) is 11.6. The van der Waals surface area contributed by atoms with Crippen molar-refractivity contribution in [2.45, 2.75) is 46.4 Å². The van der Waals surface area contributed by atoms with Gasteiger partial charge < -0.3 is 20.3 Å². The zero-order chi connectivity index (χ0) is 21.5. The number of pyridine rings is 1. The monoisotopic (exact) mass is 413 g/mol. The molecule has 1 aliphatic heterocycles. The number of rotatable bonds is 6. The SMILES string of the molecule is CCNC(=NCc1ccnc(N2CCOC(C)C2)c1)NC(C)c1ccc(C)c(F)c1. The average molecular weight is 414 g/mol. The van der Waals surface area contributed by atoms with Gasteiger partial charge in [-0.25, -0.2) is 14.4 Å². The van der Waals surface area contributed by atoms with E-state index in [0.717, 1.165) is 43.2 Å². The molecule has 1 fully saturated rings. The Morgan fingerprint density at radius 1 is 1.37 bits per heavy atom. The minimum atomic E-state index is -0.190. The third kappa shape index (κ3) is 5.92. The predicted molar refractivity (Wildman–Crippen MR) is 119 cm³/mol. The molecule has 3 rings (SSSR count). The van der Waals surface area contributed by atoms with Crippen LogP contribution < -0.4 is 15.5 Å². The van der Waals surface area contributed by atoms with Crippen molar-refractivity contribution in [2.24, 2.45) is 4.99 Å². The van der Waals surface area contributed by atoms with Gasteiger partial charge in [0.1, 0.15) is 11.6 Å². The first-order chi connectivity index (χ1) is 14.5. The number of aromatic nitrogens is 1. The van der Waals surface area contributed by atoms with Crippen molar-refractivity contribution in [3.8, 4) is 0 Å². The molecule has 2 N–H and O–H groups in total. The molecule has 2 aromatic rings. The number of nitrogens with one attached hydrogen (secondary N) is 2. The van der Waals surface area contributed by atoms with Gasteiger partial charge >= 0.3 is 0 Å². The lowest BCUT2D eigenvalue weighted by molar-refractivity contribution is 0.0529. The molecule has 2 heterocycles. The molecular weight excluding hydrogens is 381 g/mol. The van der Waals surface area contributed by atoms with E-state index >= 15 is 0 Å². The number of ether oxygens (including phenoxy) is 1. The van der Waals surface area contributed by atoms with Crippen LogP contribution in [-0.2, 0) is 11.3 Å². The van der Waals surface area contributed by atoms with Gasteiger partial charge in [-0.15, -0.1) is 0 Å². The number of halogens is 1. The summed E-state index contributed by atoms with van der Waals surface area (Å²) < 4.78 is 19.5. The van der Waals surface area contributed by atoms with Crippen LogP contribution in [-0.4, -0.2) is 43.3 Å². The van der Waals surface area contributed by atoms with E-state index in [1.807, 2.05) is 32.2 Å². The Labute approximate surface area is 178 Å². The fourth-order valence-corrected chi connectivity index (χ4v) is 3.42. The van der Waals surface area contributed by atoms with Crippen molar-refractivity contribution in [3.05, 3.63) is 59.0 Å². The summed E-state index contributed by atoms with van der Waals surface area (Å²) in [5.74, 6) is 1.47. The van der Waals surface area contributed by atoms with Gasteiger partial charge in [-0.3, -0.25) is 0 Å². The lowest BCUT2D eigenvalue weighted by Crippen LogP contribution is -2.41. The Hall–Kier alpha value is -2.67. The van der Waals surface area contributed by atoms with Crippen LogP contribution in [0.5, 0.6) is 0 Å². The summed E-state index contributed by atoms with van der Waals surface area (Å²) in [5, 5.41) is 6.63. The van der Waals surface area contributed by atoms with Crippen LogP contribution >= 0.6 is 0 Å². The molecule has 1 aromatic heterocycles. The number of anilines is 1. The predicted octanol–water partition coefficient (Wildman–Crippen LogP) is 3.57. The minimum Gasteiger partial charge on any atom is -0.375 e. The molecule has 1 aliphatic rings. The van der Waals surface area contributed by atoms with E-state index in [9.17, 15) is 4.39 Å². The van der Waals surface area contributed by atoms with E-state index in [1.165, 1.54) is 0 Å². The van der Waals surface area contributed by atoms with Gasteiger partial charge in [0.05, 0.1) is 25.3 Å². The Balaban J connectivity index is 1.68. The van der Waals surface area contributed by atoms with E-state index in [1.54, 1.807) is 19.1 Å². The highest BCUT2D eigenvalue weighted by atomic mass is 19.1. The van der Waals surface area contributed by atoms with Crippen LogP contribution in [0.3, 0.4) is 0 Å². The minimum absolute atomic E-state index is 0.0688. The number of morpholine rings is 1. The summed E-state index contributed by atoms with van der Waals surface area (Å²) in [6.07, 6.45) is 2.04. The molecule has 1 aromatic carbocycles. The number of aryl methyl sites for hydroxylation is 1. The molecule has 0 radical (unpaired) electrons. The van der Waals surface area contributed by atoms with Crippen molar-refractivity contribution in [3.63, 3.8) is 0 Å². The highest BCUT2D eigenvalue weighted by Gasteiger charge is 2.18. The molecule has 2 atom stereocenters. The highest BCUT2D eigenvalue weighted by molar-refractivity contribution is 5.80. The van der Waals surface area contributed by atoms with Crippen LogP contribution in [0, 0.1) is 12.7 Å². The average Bonchev–Trinajstić information content (AvgIpc) is 2.74. The summed E-state index contributed by atoms with van der Waals surface area (Å²) in [6, 6.07) is 9.33. The molecule has 0 saturated carbocycles. The number of aliphatic imine (C=N–C) groups is 1. The number of guanidine groups is 1. The van der Waals surface area contributed by atoms with Crippen LogP contribution in [0.4, 0.5) is 10.2 Å². The van der Waals surface area contributed by atoms with Crippen molar-refractivity contribution >= 4 is 11.8 Å². The maximum absolute atomic E-state index is 13.9. The Kier molecular flexibility index (Phi) is 7.63. The molecule has 6 nitrogen and oxygen atoms in total. The van der Waals surface area contributed by atoms with Crippen LogP contribution in [0.1, 0.15) is 43.5 Å². The standard InChI is InChI=1S/C23H32FN5O/c1-5-25-23(28-18(4)20-7-6-16(2)21(24)13-20)27-14-19-8-9-26-22(12-19)29-10-11-30-17(3)15-29/h6-9,12-13,17-18H,5,10-11,14-15H2,1-4H3,(H2,25,27,28). The van der Waals surface area contributed by atoms with E-state index in [0.29, 0.717) is 18.1 Å². The first kappa shape index (κ1) is 22.0. The van der Waals surface area contributed by atoms with Crippen molar-refractivity contribution in [2.75, 3.05) is 31.1 Å². The fraction of sp³-hybridized carbons (Fsp3) is 0.478. The third-order valence-corrected chi connectivity index (χ3v) is 5.19. The molecular formula is C23H32FN5O. The van der Waals surface area contributed by atoms with E-state index in [2.05, 4.69) is 33.5 Å². The van der Waals surface area contributed by atoms with Crippen LogP contribution in [0.25, 0.3) is 0 Å². The molecule has 7 heteroatoms. The Morgan fingerprint density at radius 3 is 2.93 bits per heavy atom. The topological polar surface area (TPSA) is 61.8 Å². The zero-order valence-corrected chi connectivity index (χ0v) is 18.3. The second kappa shape index (κ2) is 10.4. The zero-order valence-electron chi connectivity index (χ0n) is 18.3. The molecule has 162 valence electrons. The summed E-state index contributed by atoms with van der Waals surface area (Å²) in [5.41, 5.74) is 2.62. The van der Waals surface area contributed by atoms with Crippen molar-refractivity contribution in [1.82, 2.24) is 15.6 Å². The molecule has 30 heavy (non-hydrogen) atoms. The Morgan fingerprint density at radius 2 is 2.20 bits per heavy atom. The molecule has 0 bridgehead atoms. The van der Waals surface area contributed by atoms with Gasteiger partial charge in [0.2, 0.25) is 0 Å². The first-order valence-corrected chi connectivity index (χ1v) is 10.6. The molecule has 1 saturated heterocycles.